The number of benzene rings is 1. The molecule has 0 aromatic heterocycles. The molecule has 0 aliphatic carbocycles. The summed E-state index contributed by atoms with van der Waals surface area (Å²) < 4.78 is 1.16. The van der Waals surface area contributed by atoms with Crippen molar-refractivity contribution in [2.24, 2.45) is 0 Å². The first-order valence-corrected chi connectivity index (χ1v) is 5.75. The Morgan fingerprint density at radius 2 is 2.36 bits per heavy atom. The van der Waals surface area contributed by atoms with Crippen molar-refractivity contribution < 1.29 is 0 Å². The van der Waals surface area contributed by atoms with E-state index in [4.69, 9.17) is 0 Å². The summed E-state index contributed by atoms with van der Waals surface area (Å²) in [6.07, 6.45) is 4.43. The smallest absolute Gasteiger partial charge is 0.0412 e. The summed E-state index contributed by atoms with van der Waals surface area (Å²) in [4.78, 5) is 2.39. The number of anilines is 1. The molecule has 2 rings (SSSR count). The molecule has 0 fully saturated rings. The normalized spacial score (nSPS) is 15.1. The van der Waals surface area contributed by atoms with Crippen LogP contribution in [0.4, 0.5) is 5.69 Å². The maximum atomic E-state index is 3.80. The van der Waals surface area contributed by atoms with Crippen molar-refractivity contribution >= 4 is 21.6 Å². The van der Waals surface area contributed by atoms with E-state index in [0.29, 0.717) is 0 Å². The van der Waals surface area contributed by atoms with Crippen LogP contribution in [0.25, 0.3) is 0 Å². The maximum Gasteiger partial charge on any atom is 0.0412 e. The van der Waals surface area contributed by atoms with Crippen molar-refractivity contribution in [1.29, 1.82) is 0 Å². The van der Waals surface area contributed by atoms with E-state index in [1.807, 2.05) is 6.08 Å². The Morgan fingerprint density at radius 3 is 3.14 bits per heavy atom. The summed E-state index contributed by atoms with van der Waals surface area (Å²) in [6, 6.07) is 6.54. The number of hydrogen-bond donors (Lipinski definition) is 0. The molecule has 1 nitrogen and oxygen atoms in total. The van der Waals surface area contributed by atoms with Crippen molar-refractivity contribution in [2.45, 2.75) is 12.8 Å². The topological polar surface area (TPSA) is 3.24 Å². The van der Waals surface area contributed by atoms with E-state index in [1.165, 1.54) is 24.1 Å². The number of aryl methyl sites for hydroxylation is 1. The van der Waals surface area contributed by atoms with Crippen LogP contribution in [0.3, 0.4) is 0 Å². The van der Waals surface area contributed by atoms with Crippen LogP contribution in [0, 0.1) is 0 Å². The summed E-state index contributed by atoms with van der Waals surface area (Å²) in [7, 11) is 0. The summed E-state index contributed by atoms with van der Waals surface area (Å²) >= 11 is 3.52. The van der Waals surface area contributed by atoms with Gasteiger partial charge in [0.25, 0.3) is 0 Å². The lowest BCUT2D eigenvalue weighted by atomic mass is 10.0. The minimum Gasteiger partial charge on any atom is -0.368 e. The monoisotopic (exact) mass is 251 g/mol. The molecule has 0 bridgehead atoms. The Hall–Kier alpha value is -0.760. The van der Waals surface area contributed by atoms with Gasteiger partial charge in [-0.15, -0.1) is 6.58 Å². The summed E-state index contributed by atoms with van der Waals surface area (Å²) in [5.41, 5.74) is 2.83. The number of halogens is 1. The Labute approximate surface area is 93.6 Å². The molecule has 1 aliphatic heterocycles. The molecule has 74 valence electrons. The highest BCUT2D eigenvalue weighted by atomic mass is 79.9. The highest BCUT2D eigenvalue weighted by molar-refractivity contribution is 9.10. The van der Waals surface area contributed by atoms with Crippen LogP contribution < -0.4 is 4.90 Å². The Bertz CT molecular complexity index is 346. The first-order valence-electron chi connectivity index (χ1n) is 4.95. The first kappa shape index (κ1) is 9.78. The Balaban J connectivity index is 2.36. The van der Waals surface area contributed by atoms with E-state index in [-0.39, 0.29) is 0 Å². The van der Waals surface area contributed by atoms with Crippen molar-refractivity contribution in [3.05, 3.63) is 40.9 Å². The summed E-state index contributed by atoms with van der Waals surface area (Å²) in [5.74, 6) is 0. The second-order valence-corrected chi connectivity index (χ2v) is 4.53. The van der Waals surface area contributed by atoms with Crippen LogP contribution in [-0.2, 0) is 6.42 Å². The van der Waals surface area contributed by atoms with Crippen molar-refractivity contribution in [2.75, 3.05) is 18.0 Å². The van der Waals surface area contributed by atoms with E-state index in [0.717, 1.165) is 17.6 Å². The fraction of sp³-hybridized carbons (Fsp3) is 0.333. The fourth-order valence-corrected chi connectivity index (χ4v) is 2.32. The van der Waals surface area contributed by atoms with Crippen molar-refractivity contribution in [3.8, 4) is 0 Å². The zero-order valence-electron chi connectivity index (χ0n) is 8.17. The molecule has 1 aliphatic rings. The van der Waals surface area contributed by atoms with Crippen LogP contribution >= 0.6 is 15.9 Å². The molecule has 0 unspecified atom stereocenters. The number of hydrogen-bond acceptors (Lipinski definition) is 1. The molecule has 1 aromatic carbocycles. The van der Waals surface area contributed by atoms with Crippen LogP contribution in [-0.4, -0.2) is 13.1 Å². The van der Waals surface area contributed by atoms with Crippen molar-refractivity contribution in [1.82, 2.24) is 0 Å². The first-order chi connectivity index (χ1) is 6.81. The van der Waals surface area contributed by atoms with E-state index in [2.05, 4.69) is 45.6 Å². The molecule has 2 heteroatoms. The number of nitrogens with zero attached hydrogens (tertiary/aromatic N) is 1. The van der Waals surface area contributed by atoms with Gasteiger partial charge in [0.2, 0.25) is 0 Å². The van der Waals surface area contributed by atoms with Gasteiger partial charge in [0, 0.05) is 23.2 Å². The maximum absolute atomic E-state index is 3.80. The van der Waals surface area contributed by atoms with Gasteiger partial charge in [-0.2, -0.15) is 0 Å². The van der Waals surface area contributed by atoms with Gasteiger partial charge in [0.05, 0.1) is 0 Å². The predicted molar refractivity (Wildman–Crippen MR) is 64.9 cm³/mol. The largest absolute Gasteiger partial charge is 0.368 e. The average Bonchev–Trinajstić information content (AvgIpc) is 2.19. The molecule has 0 atom stereocenters. The van der Waals surface area contributed by atoms with E-state index in [1.54, 1.807) is 0 Å². The SMILES string of the molecule is C=CCN1CCCc2ccc(Br)cc21. The van der Waals surface area contributed by atoms with Gasteiger partial charge in [-0.25, -0.2) is 0 Å². The Morgan fingerprint density at radius 1 is 1.50 bits per heavy atom. The summed E-state index contributed by atoms with van der Waals surface area (Å²) in [5, 5.41) is 0. The minimum atomic E-state index is 0.948. The molecule has 0 N–H and O–H groups in total. The van der Waals surface area contributed by atoms with Gasteiger partial charge in [0.15, 0.2) is 0 Å². The van der Waals surface area contributed by atoms with Gasteiger partial charge in [-0.1, -0.05) is 28.1 Å². The third-order valence-electron chi connectivity index (χ3n) is 2.61. The van der Waals surface area contributed by atoms with Crippen molar-refractivity contribution in [3.63, 3.8) is 0 Å². The lowest BCUT2D eigenvalue weighted by Gasteiger charge is -2.30. The second kappa shape index (κ2) is 4.18. The average molecular weight is 252 g/mol. The lowest BCUT2D eigenvalue weighted by Crippen LogP contribution is -2.29. The minimum absolute atomic E-state index is 0.948. The van der Waals surface area contributed by atoms with Gasteiger partial charge < -0.3 is 4.90 Å². The third-order valence-corrected chi connectivity index (χ3v) is 3.10. The second-order valence-electron chi connectivity index (χ2n) is 3.61. The van der Waals surface area contributed by atoms with E-state index in [9.17, 15) is 0 Å². The molecule has 0 amide bonds. The Kier molecular flexibility index (Phi) is 2.92. The molecular weight excluding hydrogens is 238 g/mol. The molecule has 0 spiro atoms. The lowest BCUT2D eigenvalue weighted by molar-refractivity contribution is 0.722. The number of fused-ring (bicyclic) bond motifs is 1. The fourth-order valence-electron chi connectivity index (χ4n) is 1.97. The zero-order valence-corrected chi connectivity index (χ0v) is 9.76. The molecule has 0 saturated carbocycles. The van der Waals surface area contributed by atoms with Crippen LogP contribution in [0.5, 0.6) is 0 Å². The van der Waals surface area contributed by atoms with Gasteiger partial charge in [-0.05, 0) is 30.5 Å². The van der Waals surface area contributed by atoms with E-state index >= 15 is 0 Å². The predicted octanol–water partition coefficient (Wildman–Crippen LogP) is 3.39. The molecule has 0 saturated heterocycles. The quantitative estimate of drug-likeness (QED) is 0.729. The van der Waals surface area contributed by atoms with Crippen LogP contribution in [0.2, 0.25) is 0 Å². The van der Waals surface area contributed by atoms with Gasteiger partial charge >= 0.3 is 0 Å². The van der Waals surface area contributed by atoms with Crippen LogP contribution in [0.15, 0.2) is 35.3 Å². The van der Waals surface area contributed by atoms with Gasteiger partial charge in [-0.3, -0.25) is 0 Å². The van der Waals surface area contributed by atoms with E-state index < -0.39 is 0 Å². The number of rotatable bonds is 2. The molecule has 0 radical (unpaired) electrons. The third kappa shape index (κ3) is 1.85. The van der Waals surface area contributed by atoms with Gasteiger partial charge in [0.1, 0.15) is 0 Å². The standard InChI is InChI=1S/C12H14BrN/c1-2-7-14-8-3-4-10-5-6-11(13)9-12(10)14/h2,5-6,9H,1,3-4,7-8H2. The summed E-state index contributed by atoms with van der Waals surface area (Å²) in [6.45, 7) is 5.89. The molecular formula is C12H14BrN. The zero-order chi connectivity index (χ0) is 9.97. The molecule has 1 heterocycles. The highest BCUT2D eigenvalue weighted by Gasteiger charge is 2.15. The highest BCUT2D eigenvalue weighted by Crippen LogP contribution is 2.29. The molecule has 1 aromatic rings. The molecule has 14 heavy (non-hydrogen) atoms. The van der Waals surface area contributed by atoms with Crippen LogP contribution in [0.1, 0.15) is 12.0 Å².